The van der Waals surface area contributed by atoms with Crippen LogP contribution in [0.5, 0.6) is 0 Å². The number of aryl methyl sites for hydroxylation is 1. The number of thiophene rings is 1. The molecule has 2 amide bonds. The fourth-order valence-corrected chi connectivity index (χ4v) is 4.12. The summed E-state index contributed by atoms with van der Waals surface area (Å²) >= 11 is 1.18. The number of sulfonamides is 1. The van der Waals surface area contributed by atoms with Crippen LogP contribution in [0, 0.1) is 12.8 Å². The number of anilines is 2. The van der Waals surface area contributed by atoms with Gasteiger partial charge in [0.05, 0.1) is 14.8 Å². The summed E-state index contributed by atoms with van der Waals surface area (Å²) < 4.78 is 25.7. The fraction of sp³-hybridized carbons (Fsp3) is 0.333. The smallest absolute Gasteiger partial charge is 0.265 e. The normalized spacial score (nSPS) is 14.2. The highest BCUT2D eigenvalue weighted by Crippen LogP contribution is 2.32. The van der Waals surface area contributed by atoms with E-state index in [1.807, 2.05) is 0 Å². The largest absolute Gasteiger partial charge is 0.321 e. The molecule has 1 fully saturated rings. The molecule has 27 heavy (non-hydrogen) atoms. The van der Waals surface area contributed by atoms with E-state index in [-0.39, 0.29) is 22.6 Å². The molecular formula is C18H21N3O4S2. The number of carbonyl (C=O) groups is 2. The quantitative estimate of drug-likeness (QED) is 0.770. The predicted octanol–water partition coefficient (Wildman–Crippen LogP) is 2.91. The number of carbonyl (C=O) groups excluding carboxylic acids is 2. The Kier molecular flexibility index (Phi) is 5.36. The van der Waals surface area contributed by atoms with Crippen molar-refractivity contribution in [1.29, 1.82) is 0 Å². The highest BCUT2D eigenvalue weighted by Gasteiger charge is 2.30. The van der Waals surface area contributed by atoms with E-state index < -0.39 is 10.0 Å². The van der Waals surface area contributed by atoms with Gasteiger partial charge in [0, 0.05) is 25.7 Å². The molecule has 2 aromatic rings. The first-order chi connectivity index (χ1) is 12.7. The van der Waals surface area contributed by atoms with Crippen LogP contribution >= 0.6 is 11.3 Å². The molecule has 1 heterocycles. The van der Waals surface area contributed by atoms with Gasteiger partial charge in [0.25, 0.3) is 5.91 Å². The summed E-state index contributed by atoms with van der Waals surface area (Å²) in [6.45, 7) is 1.79. The van der Waals surface area contributed by atoms with Gasteiger partial charge in [-0.3, -0.25) is 9.59 Å². The molecular weight excluding hydrogens is 386 g/mol. The molecule has 0 unspecified atom stereocenters. The summed E-state index contributed by atoms with van der Waals surface area (Å²) in [7, 11) is -0.681. The van der Waals surface area contributed by atoms with Crippen LogP contribution in [0.2, 0.25) is 0 Å². The topological polar surface area (TPSA) is 95.6 Å². The van der Waals surface area contributed by atoms with Gasteiger partial charge >= 0.3 is 0 Å². The zero-order valence-corrected chi connectivity index (χ0v) is 16.9. The Morgan fingerprint density at radius 2 is 1.81 bits per heavy atom. The Labute approximate surface area is 162 Å². The minimum Gasteiger partial charge on any atom is -0.321 e. The molecule has 1 saturated carbocycles. The molecule has 0 saturated heterocycles. The van der Waals surface area contributed by atoms with Crippen molar-refractivity contribution in [3.63, 3.8) is 0 Å². The molecule has 3 rings (SSSR count). The third-order valence-corrected chi connectivity index (χ3v) is 7.07. The average molecular weight is 408 g/mol. The number of hydrogen-bond donors (Lipinski definition) is 2. The third kappa shape index (κ3) is 4.37. The highest BCUT2D eigenvalue weighted by molar-refractivity contribution is 7.89. The maximum Gasteiger partial charge on any atom is 0.265 e. The fourth-order valence-electron chi connectivity index (χ4n) is 2.39. The van der Waals surface area contributed by atoms with Crippen molar-refractivity contribution in [3.8, 4) is 0 Å². The zero-order valence-electron chi connectivity index (χ0n) is 15.3. The summed E-state index contributed by atoms with van der Waals surface area (Å²) in [6.07, 6.45) is 1.83. The summed E-state index contributed by atoms with van der Waals surface area (Å²) in [6, 6.07) is 7.95. The van der Waals surface area contributed by atoms with E-state index in [1.165, 1.54) is 37.6 Å². The number of rotatable bonds is 6. The van der Waals surface area contributed by atoms with Gasteiger partial charge in [-0.1, -0.05) is 6.07 Å². The lowest BCUT2D eigenvalue weighted by Gasteiger charge is -2.14. The average Bonchev–Trinajstić information content (AvgIpc) is 3.36. The first-order valence-electron chi connectivity index (χ1n) is 8.43. The Bertz CT molecular complexity index is 992. The number of nitrogens with zero attached hydrogens (tertiary/aromatic N) is 1. The number of benzene rings is 1. The lowest BCUT2D eigenvalue weighted by atomic mass is 10.2. The number of hydrogen-bond acceptors (Lipinski definition) is 5. The van der Waals surface area contributed by atoms with Crippen molar-refractivity contribution < 1.29 is 18.0 Å². The number of amides is 2. The molecule has 2 N–H and O–H groups in total. The first kappa shape index (κ1) is 19.5. The summed E-state index contributed by atoms with van der Waals surface area (Å²) in [5.41, 5.74) is 1.18. The summed E-state index contributed by atoms with van der Waals surface area (Å²) in [4.78, 5) is 24.9. The molecule has 0 aliphatic heterocycles. The summed E-state index contributed by atoms with van der Waals surface area (Å²) in [5.74, 6) is -0.274. The molecule has 0 atom stereocenters. The molecule has 144 valence electrons. The van der Waals surface area contributed by atoms with Crippen LogP contribution in [0.3, 0.4) is 0 Å². The Morgan fingerprint density at radius 3 is 2.44 bits per heavy atom. The van der Waals surface area contributed by atoms with E-state index in [9.17, 15) is 18.0 Å². The van der Waals surface area contributed by atoms with E-state index in [0.29, 0.717) is 15.6 Å². The van der Waals surface area contributed by atoms with Crippen LogP contribution in [0.15, 0.2) is 35.2 Å². The maximum absolute atomic E-state index is 12.5. The molecule has 1 aliphatic rings. The van der Waals surface area contributed by atoms with Crippen molar-refractivity contribution in [1.82, 2.24) is 4.31 Å². The molecule has 1 aromatic carbocycles. The van der Waals surface area contributed by atoms with Gasteiger partial charge in [-0.15, -0.1) is 11.3 Å². The van der Waals surface area contributed by atoms with Gasteiger partial charge in [-0.25, -0.2) is 12.7 Å². The molecule has 1 aromatic heterocycles. The molecule has 1 aliphatic carbocycles. The van der Waals surface area contributed by atoms with Crippen LogP contribution in [-0.4, -0.2) is 38.6 Å². The molecule has 9 heteroatoms. The number of nitrogens with one attached hydrogen (secondary N) is 2. The second-order valence-electron chi connectivity index (χ2n) is 6.65. The summed E-state index contributed by atoms with van der Waals surface area (Å²) in [5, 5.41) is 6.19. The lowest BCUT2D eigenvalue weighted by Crippen LogP contribution is -2.22. The van der Waals surface area contributed by atoms with Crippen LogP contribution in [0.1, 0.15) is 28.1 Å². The van der Waals surface area contributed by atoms with E-state index >= 15 is 0 Å². The maximum atomic E-state index is 12.5. The predicted molar refractivity (Wildman–Crippen MR) is 106 cm³/mol. The van der Waals surface area contributed by atoms with E-state index in [0.717, 1.165) is 22.7 Å². The standard InChI is InChI=1S/C18H21N3O4S2/c1-11-4-7-13(27(24,25)21(2)3)10-14(11)19-18(23)15-8-9-16(26-15)20-17(22)12-5-6-12/h4,7-10,12H,5-6H2,1-3H3,(H,19,23)(H,20,22). The third-order valence-electron chi connectivity index (χ3n) is 4.26. The minimum atomic E-state index is -3.59. The monoisotopic (exact) mass is 407 g/mol. The van der Waals surface area contributed by atoms with Gasteiger partial charge in [0.1, 0.15) is 0 Å². The second-order valence-corrected chi connectivity index (χ2v) is 9.88. The van der Waals surface area contributed by atoms with E-state index in [1.54, 1.807) is 25.1 Å². The lowest BCUT2D eigenvalue weighted by molar-refractivity contribution is -0.117. The van der Waals surface area contributed by atoms with Gasteiger partial charge in [0.2, 0.25) is 15.9 Å². The van der Waals surface area contributed by atoms with Crippen molar-refractivity contribution in [2.45, 2.75) is 24.7 Å². The van der Waals surface area contributed by atoms with Crippen LogP contribution in [0.25, 0.3) is 0 Å². The van der Waals surface area contributed by atoms with Crippen LogP contribution in [-0.2, 0) is 14.8 Å². The van der Waals surface area contributed by atoms with Gasteiger partial charge in [-0.2, -0.15) is 0 Å². The Hall–Kier alpha value is -2.23. The van der Waals surface area contributed by atoms with E-state index in [4.69, 9.17) is 0 Å². The van der Waals surface area contributed by atoms with Crippen molar-refractivity contribution >= 4 is 43.9 Å². The molecule has 0 radical (unpaired) electrons. The van der Waals surface area contributed by atoms with E-state index in [2.05, 4.69) is 10.6 Å². The highest BCUT2D eigenvalue weighted by atomic mass is 32.2. The van der Waals surface area contributed by atoms with Crippen molar-refractivity contribution in [2.75, 3.05) is 24.7 Å². The Morgan fingerprint density at radius 1 is 1.11 bits per heavy atom. The second kappa shape index (κ2) is 7.41. The van der Waals surface area contributed by atoms with Crippen LogP contribution < -0.4 is 10.6 Å². The first-order valence-corrected chi connectivity index (χ1v) is 10.7. The van der Waals surface area contributed by atoms with Gasteiger partial charge < -0.3 is 10.6 Å². The molecule has 0 bridgehead atoms. The van der Waals surface area contributed by atoms with Gasteiger partial charge in [-0.05, 0) is 49.6 Å². The Balaban J connectivity index is 1.76. The zero-order chi connectivity index (χ0) is 19.8. The SMILES string of the molecule is Cc1ccc(S(=O)(=O)N(C)C)cc1NC(=O)c1ccc(NC(=O)C2CC2)s1. The minimum absolute atomic E-state index is 0.0127. The van der Waals surface area contributed by atoms with Crippen LogP contribution in [0.4, 0.5) is 10.7 Å². The van der Waals surface area contributed by atoms with Gasteiger partial charge in [0.15, 0.2) is 0 Å². The van der Waals surface area contributed by atoms with Crippen molar-refractivity contribution in [3.05, 3.63) is 40.8 Å². The molecule has 7 nitrogen and oxygen atoms in total. The van der Waals surface area contributed by atoms with Crippen molar-refractivity contribution in [2.24, 2.45) is 5.92 Å². The molecule has 0 spiro atoms.